The summed E-state index contributed by atoms with van der Waals surface area (Å²) in [6, 6.07) is 0. The van der Waals surface area contributed by atoms with E-state index in [1.807, 2.05) is 0 Å². The van der Waals surface area contributed by atoms with Gasteiger partial charge in [0.05, 0.1) is 0 Å². The van der Waals surface area contributed by atoms with Gasteiger partial charge in [-0.05, 0) is 25.7 Å². The Labute approximate surface area is 112 Å². The molecule has 0 aromatic heterocycles. The predicted molar refractivity (Wildman–Crippen MR) is 74.2 cm³/mol. The van der Waals surface area contributed by atoms with Crippen molar-refractivity contribution in [3.05, 3.63) is 0 Å². The molecule has 18 heavy (non-hydrogen) atoms. The van der Waals surface area contributed by atoms with Crippen LogP contribution >= 0.6 is 0 Å². The molecule has 4 N–H and O–H groups in total. The first kappa shape index (κ1) is 20.2. The summed E-state index contributed by atoms with van der Waals surface area (Å²) in [4.78, 5) is 0. The van der Waals surface area contributed by atoms with Crippen molar-refractivity contribution in [3.63, 3.8) is 0 Å². The molecule has 0 rings (SSSR count). The molecule has 4 nitrogen and oxygen atoms in total. The fourth-order valence-corrected chi connectivity index (χ4v) is 1.51. The molecule has 4 heteroatoms. The highest BCUT2D eigenvalue weighted by Gasteiger charge is 1.94. The van der Waals surface area contributed by atoms with Gasteiger partial charge < -0.3 is 20.4 Å². The Balaban J connectivity index is 0. The van der Waals surface area contributed by atoms with E-state index in [0.717, 1.165) is 44.9 Å². The number of aliphatic hydroxyl groups is 4. The van der Waals surface area contributed by atoms with Crippen molar-refractivity contribution >= 4 is 0 Å². The number of hydrogen-bond acceptors (Lipinski definition) is 4. The quantitative estimate of drug-likeness (QED) is 0.341. The van der Waals surface area contributed by atoms with Gasteiger partial charge in [-0.2, -0.15) is 0 Å². The Morgan fingerprint density at radius 1 is 0.667 bits per heavy atom. The number of unbranched alkanes of at least 4 members (excludes halogenated alkanes) is 7. The molecule has 0 aromatic carbocycles. The first-order chi connectivity index (χ1) is 8.68. The SMILES string of the molecule is CCCCCCC(O)O.OCCCCCCCO. The Kier molecular flexibility index (Phi) is 21.5. The van der Waals surface area contributed by atoms with Crippen LogP contribution in [0.15, 0.2) is 0 Å². The van der Waals surface area contributed by atoms with Gasteiger partial charge in [-0.15, -0.1) is 0 Å². The zero-order valence-corrected chi connectivity index (χ0v) is 11.9. The van der Waals surface area contributed by atoms with Gasteiger partial charge in [-0.3, -0.25) is 0 Å². The van der Waals surface area contributed by atoms with Crippen LogP contribution in [0.5, 0.6) is 0 Å². The molecule has 0 unspecified atom stereocenters. The fraction of sp³-hybridized carbons (Fsp3) is 1.00. The topological polar surface area (TPSA) is 80.9 Å². The molecule has 0 bridgehead atoms. The van der Waals surface area contributed by atoms with Crippen molar-refractivity contribution in [1.82, 2.24) is 0 Å². The highest BCUT2D eigenvalue weighted by molar-refractivity contribution is 4.42. The fourth-order valence-electron chi connectivity index (χ4n) is 1.51. The summed E-state index contributed by atoms with van der Waals surface area (Å²) >= 11 is 0. The van der Waals surface area contributed by atoms with E-state index < -0.39 is 6.29 Å². The van der Waals surface area contributed by atoms with E-state index in [1.165, 1.54) is 12.8 Å². The minimum Gasteiger partial charge on any atom is -0.396 e. The van der Waals surface area contributed by atoms with E-state index in [1.54, 1.807) is 0 Å². The third-order valence-electron chi connectivity index (χ3n) is 2.63. The van der Waals surface area contributed by atoms with Crippen LogP contribution in [-0.2, 0) is 0 Å². The monoisotopic (exact) mass is 264 g/mol. The Morgan fingerprint density at radius 2 is 1.11 bits per heavy atom. The maximum atomic E-state index is 8.41. The molecule has 0 aromatic rings. The third-order valence-corrected chi connectivity index (χ3v) is 2.63. The lowest BCUT2D eigenvalue weighted by atomic mass is 10.1. The number of rotatable bonds is 11. The molecular formula is C14H32O4. The standard InChI is InChI=1S/2C7H16O2/c1-2-3-4-5-6-7(8)9;8-6-4-2-1-3-5-7-9/h7-9H,2-6H2,1H3;8-9H,1-7H2. The lowest BCUT2D eigenvalue weighted by Gasteiger charge is -2.00. The average Bonchev–Trinajstić information content (AvgIpc) is 2.35. The molecule has 0 aliphatic carbocycles. The Morgan fingerprint density at radius 3 is 1.50 bits per heavy atom. The zero-order chi connectivity index (χ0) is 14.1. The van der Waals surface area contributed by atoms with E-state index in [9.17, 15) is 0 Å². The molecular weight excluding hydrogens is 232 g/mol. The highest BCUT2D eigenvalue weighted by atomic mass is 16.5. The second-order valence-corrected chi connectivity index (χ2v) is 4.54. The second-order valence-electron chi connectivity index (χ2n) is 4.54. The van der Waals surface area contributed by atoms with E-state index in [0.29, 0.717) is 19.6 Å². The van der Waals surface area contributed by atoms with E-state index in [2.05, 4.69) is 6.92 Å². The molecule has 0 saturated carbocycles. The molecule has 0 amide bonds. The maximum absolute atomic E-state index is 8.41. The summed E-state index contributed by atoms with van der Waals surface area (Å²) in [5.74, 6) is 0. The van der Waals surface area contributed by atoms with Crippen LogP contribution in [0, 0.1) is 0 Å². The summed E-state index contributed by atoms with van der Waals surface area (Å²) in [7, 11) is 0. The molecule has 0 spiro atoms. The zero-order valence-electron chi connectivity index (χ0n) is 11.9. The summed E-state index contributed by atoms with van der Waals surface area (Å²) in [5, 5.41) is 33.6. The van der Waals surface area contributed by atoms with E-state index in [4.69, 9.17) is 20.4 Å². The largest absolute Gasteiger partial charge is 0.396 e. The summed E-state index contributed by atoms with van der Waals surface area (Å²) < 4.78 is 0. The minimum atomic E-state index is -1.10. The lowest BCUT2D eigenvalue weighted by Crippen LogP contribution is -2.02. The van der Waals surface area contributed by atoms with Gasteiger partial charge in [0.1, 0.15) is 0 Å². The van der Waals surface area contributed by atoms with Crippen molar-refractivity contribution in [2.24, 2.45) is 0 Å². The van der Waals surface area contributed by atoms with Crippen molar-refractivity contribution in [2.75, 3.05) is 13.2 Å². The van der Waals surface area contributed by atoms with Gasteiger partial charge in [-0.25, -0.2) is 0 Å². The molecule has 112 valence electrons. The Bertz CT molecular complexity index is 123. The summed E-state index contributed by atoms with van der Waals surface area (Å²) in [5.41, 5.74) is 0. The van der Waals surface area contributed by atoms with Gasteiger partial charge in [0, 0.05) is 13.2 Å². The lowest BCUT2D eigenvalue weighted by molar-refractivity contribution is -0.0465. The second kappa shape index (κ2) is 19.2. The van der Waals surface area contributed by atoms with Crippen molar-refractivity contribution in [1.29, 1.82) is 0 Å². The van der Waals surface area contributed by atoms with Crippen LogP contribution in [-0.4, -0.2) is 39.9 Å². The van der Waals surface area contributed by atoms with E-state index in [-0.39, 0.29) is 0 Å². The van der Waals surface area contributed by atoms with Crippen LogP contribution in [0.25, 0.3) is 0 Å². The normalized spacial score (nSPS) is 10.3. The van der Waals surface area contributed by atoms with Crippen molar-refractivity contribution in [3.8, 4) is 0 Å². The first-order valence-corrected chi connectivity index (χ1v) is 7.26. The van der Waals surface area contributed by atoms with E-state index >= 15 is 0 Å². The molecule has 0 fully saturated rings. The minimum absolute atomic E-state index is 0.305. The van der Waals surface area contributed by atoms with Gasteiger partial charge in [0.15, 0.2) is 6.29 Å². The number of aliphatic hydroxyl groups excluding tert-OH is 3. The van der Waals surface area contributed by atoms with Crippen molar-refractivity contribution < 1.29 is 20.4 Å². The highest BCUT2D eigenvalue weighted by Crippen LogP contribution is 2.03. The van der Waals surface area contributed by atoms with Gasteiger partial charge in [0.25, 0.3) is 0 Å². The summed E-state index contributed by atoms with van der Waals surface area (Å²) in [6.45, 7) is 2.74. The van der Waals surface area contributed by atoms with Crippen LogP contribution in [0.4, 0.5) is 0 Å². The number of hydrogen-bond donors (Lipinski definition) is 4. The average molecular weight is 264 g/mol. The molecule has 0 aliphatic rings. The molecule has 0 heterocycles. The van der Waals surface area contributed by atoms with Gasteiger partial charge in [0.2, 0.25) is 0 Å². The smallest absolute Gasteiger partial charge is 0.151 e. The van der Waals surface area contributed by atoms with Crippen molar-refractivity contribution in [2.45, 2.75) is 77.4 Å². The van der Waals surface area contributed by atoms with Gasteiger partial charge in [-0.1, -0.05) is 45.4 Å². The molecule has 0 saturated heterocycles. The predicted octanol–water partition coefficient (Wildman–Crippen LogP) is 2.19. The summed E-state index contributed by atoms with van der Waals surface area (Å²) in [6.07, 6.45) is 9.03. The Hall–Kier alpha value is -0.160. The van der Waals surface area contributed by atoms with Crippen LogP contribution in [0.3, 0.4) is 0 Å². The third kappa shape index (κ3) is 24.9. The van der Waals surface area contributed by atoms with Gasteiger partial charge >= 0.3 is 0 Å². The first-order valence-electron chi connectivity index (χ1n) is 7.26. The van der Waals surface area contributed by atoms with Crippen LogP contribution in [0.2, 0.25) is 0 Å². The molecule has 0 atom stereocenters. The maximum Gasteiger partial charge on any atom is 0.151 e. The molecule has 0 radical (unpaired) electrons. The van der Waals surface area contributed by atoms with Crippen LogP contribution in [0.1, 0.15) is 71.1 Å². The van der Waals surface area contributed by atoms with Crippen LogP contribution < -0.4 is 0 Å². The molecule has 0 aliphatic heterocycles.